The smallest absolute Gasteiger partial charge is 0.251 e. The van der Waals surface area contributed by atoms with Crippen molar-refractivity contribution in [3.05, 3.63) is 23.8 Å². The number of alkyl halides is 2. The van der Waals surface area contributed by atoms with Crippen molar-refractivity contribution in [3.8, 4) is 0 Å². The molecule has 7 heteroatoms. The Bertz CT molecular complexity index is 454. The van der Waals surface area contributed by atoms with Gasteiger partial charge in [0.25, 0.3) is 6.43 Å². The molecule has 16 heavy (non-hydrogen) atoms. The molecule has 0 radical (unpaired) electrons. The highest BCUT2D eigenvalue weighted by atomic mass is 32.2. The summed E-state index contributed by atoms with van der Waals surface area (Å²) in [5.74, 6) is 0. The maximum absolute atomic E-state index is 11.9. The number of halogens is 2. The summed E-state index contributed by atoms with van der Waals surface area (Å²) in [5.41, 5.74) is 6.40. The second-order valence-corrected chi connectivity index (χ2v) is 5.09. The van der Waals surface area contributed by atoms with Crippen LogP contribution in [0.15, 0.2) is 23.1 Å². The van der Waals surface area contributed by atoms with Crippen molar-refractivity contribution in [2.75, 3.05) is 12.3 Å². The van der Waals surface area contributed by atoms with Crippen molar-refractivity contribution in [1.29, 1.82) is 0 Å². The van der Waals surface area contributed by atoms with Crippen LogP contribution in [0.3, 0.4) is 0 Å². The zero-order chi connectivity index (χ0) is 12.3. The fraction of sp³-hybridized carbons (Fsp3) is 0.333. The van der Waals surface area contributed by atoms with Crippen LogP contribution in [0.25, 0.3) is 0 Å². The van der Waals surface area contributed by atoms with Crippen LogP contribution >= 0.6 is 0 Å². The Morgan fingerprint density at radius 2 is 2.00 bits per heavy atom. The first-order chi connectivity index (χ1) is 7.31. The van der Waals surface area contributed by atoms with E-state index < -0.39 is 23.0 Å². The van der Waals surface area contributed by atoms with E-state index in [0.29, 0.717) is 5.56 Å². The zero-order valence-corrected chi connectivity index (χ0v) is 9.39. The molecule has 0 heterocycles. The molecule has 0 aliphatic carbocycles. The first kappa shape index (κ1) is 12.9. The van der Waals surface area contributed by atoms with Gasteiger partial charge in [-0.2, -0.15) is 0 Å². The normalized spacial score (nSPS) is 12.0. The maximum Gasteiger partial charge on any atom is 0.251 e. The average molecular weight is 250 g/mol. The predicted octanol–water partition coefficient (Wildman–Crippen LogP) is 1.12. The molecule has 1 aromatic rings. The molecule has 1 aromatic carbocycles. The van der Waals surface area contributed by atoms with Crippen molar-refractivity contribution in [1.82, 2.24) is 4.72 Å². The molecular formula is C9H12F2N2O2S. The van der Waals surface area contributed by atoms with Crippen molar-refractivity contribution in [2.24, 2.45) is 0 Å². The number of aryl methyl sites for hydroxylation is 1. The predicted molar refractivity (Wildman–Crippen MR) is 56.8 cm³/mol. The van der Waals surface area contributed by atoms with E-state index in [9.17, 15) is 17.2 Å². The van der Waals surface area contributed by atoms with E-state index in [2.05, 4.69) is 0 Å². The fourth-order valence-electron chi connectivity index (χ4n) is 1.19. The van der Waals surface area contributed by atoms with E-state index in [4.69, 9.17) is 5.73 Å². The van der Waals surface area contributed by atoms with Crippen LogP contribution in [0.5, 0.6) is 0 Å². The summed E-state index contributed by atoms with van der Waals surface area (Å²) in [6, 6.07) is 4.18. The Balaban J connectivity index is 2.98. The standard InChI is InChI=1S/C9H12F2N2O2S/c1-6-2-7(12)4-8(3-6)16(14,15)13-5-9(10)11/h2-4,9,13H,5,12H2,1H3. The number of hydrogen-bond acceptors (Lipinski definition) is 3. The second kappa shape index (κ2) is 4.75. The van der Waals surface area contributed by atoms with Gasteiger partial charge in [0.2, 0.25) is 10.0 Å². The largest absolute Gasteiger partial charge is 0.399 e. The van der Waals surface area contributed by atoms with Gasteiger partial charge in [-0.1, -0.05) is 0 Å². The molecular weight excluding hydrogens is 238 g/mol. The van der Waals surface area contributed by atoms with E-state index in [0.717, 1.165) is 0 Å². The number of nitrogens with one attached hydrogen (secondary N) is 1. The van der Waals surface area contributed by atoms with Crippen molar-refractivity contribution >= 4 is 15.7 Å². The summed E-state index contributed by atoms with van der Waals surface area (Å²) in [4.78, 5) is -0.106. The number of benzene rings is 1. The van der Waals surface area contributed by atoms with E-state index >= 15 is 0 Å². The Morgan fingerprint density at radius 3 is 2.50 bits per heavy atom. The third-order valence-electron chi connectivity index (χ3n) is 1.81. The fourth-order valence-corrected chi connectivity index (χ4v) is 2.33. The number of hydrogen-bond donors (Lipinski definition) is 2. The first-order valence-electron chi connectivity index (χ1n) is 4.46. The maximum atomic E-state index is 11.9. The van der Waals surface area contributed by atoms with Crippen LogP contribution in [0.4, 0.5) is 14.5 Å². The van der Waals surface area contributed by atoms with Gasteiger partial charge in [0.1, 0.15) is 0 Å². The Morgan fingerprint density at radius 1 is 1.38 bits per heavy atom. The quantitative estimate of drug-likeness (QED) is 0.786. The van der Waals surface area contributed by atoms with Crippen LogP contribution < -0.4 is 10.5 Å². The van der Waals surface area contributed by atoms with E-state index in [1.165, 1.54) is 12.1 Å². The van der Waals surface area contributed by atoms with Crippen molar-refractivity contribution in [2.45, 2.75) is 18.2 Å². The summed E-state index contributed by atoms with van der Waals surface area (Å²) in [7, 11) is -3.91. The van der Waals surface area contributed by atoms with Gasteiger partial charge < -0.3 is 5.73 Å². The molecule has 0 atom stereocenters. The molecule has 3 N–H and O–H groups in total. The summed E-state index contributed by atoms with van der Waals surface area (Å²) in [6.45, 7) is 0.763. The Labute approximate surface area is 92.5 Å². The minimum Gasteiger partial charge on any atom is -0.399 e. The highest BCUT2D eigenvalue weighted by molar-refractivity contribution is 7.89. The molecule has 0 saturated heterocycles. The van der Waals surface area contributed by atoms with Gasteiger partial charge in [-0.15, -0.1) is 0 Å². The molecule has 0 aliphatic heterocycles. The third kappa shape index (κ3) is 3.42. The average Bonchev–Trinajstić information content (AvgIpc) is 2.13. The zero-order valence-electron chi connectivity index (χ0n) is 8.57. The van der Waals surface area contributed by atoms with Crippen molar-refractivity contribution < 1.29 is 17.2 Å². The van der Waals surface area contributed by atoms with Gasteiger partial charge in [-0.05, 0) is 30.7 Å². The molecule has 0 aliphatic rings. The van der Waals surface area contributed by atoms with Crippen LogP contribution in [0.1, 0.15) is 5.56 Å². The van der Waals surface area contributed by atoms with E-state index in [-0.39, 0.29) is 10.6 Å². The SMILES string of the molecule is Cc1cc(N)cc(S(=O)(=O)NCC(F)F)c1. The monoisotopic (exact) mass is 250 g/mol. The number of sulfonamides is 1. The molecule has 0 aromatic heterocycles. The van der Waals surface area contributed by atoms with Gasteiger partial charge in [0.05, 0.1) is 11.4 Å². The minimum atomic E-state index is -3.91. The summed E-state index contributed by atoms with van der Waals surface area (Å²) in [5, 5.41) is 0. The van der Waals surface area contributed by atoms with Crippen LogP contribution in [-0.2, 0) is 10.0 Å². The molecule has 0 unspecified atom stereocenters. The lowest BCUT2D eigenvalue weighted by Gasteiger charge is -2.07. The molecule has 0 amide bonds. The van der Waals surface area contributed by atoms with Crippen LogP contribution in [-0.4, -0.2) is 21.4 Å². The molecule has 4 nitrogen and oxygen atoms in total. The van der Waals surface area contributed by atoms with Gasteiger partial charge in [-0.3, -0.25) is 0 Å². The van der Waals surface area contributed by atoms with E-state index in [1.807, 2.05) is 0 Å². The molecule has 0 bridgehead atoms. The Hall–Kier alpha value is -1.21. The Kier molecular flexibility index (Phi) is 3.82. The second-order valence-electron chi connectivity index (χ2n) is 3.32. The molecule has 0 spiro atoms. The molecule has 90 valence electrons. The number of anilines is 1. The topological polar surface area (TPSA) is 72.2 Å². The van der Waals surface area contributed by atoms with Crippen LogP contribution in [0.2, 0.25) is 0 Å². The van der Waals surface area contributed by atoms with Gasteiger partial charge in [0, 0.05) is 5.69 Å². The summed E-state index contributed by atoms with van der Waals surface area (Å²) in [6.07, 6.45) is -2.73. The number of nitrogens with two attached hydrogens (primary N) is 1. The first-order valence-corrected chi connectivity index (χ1v) is 5.94. The molecule has 0 fully saturated rings. The number of nitrogen functional groups attached to an aromatic ring is 1. The van der Waals surface area contributed by atoms with Gasteiger partial charge in [0.15, 0.2) is 0 Å². The highest BCUT2D eigenvalue weighted by Crippen LogP contribution is 2.16. The van der Waals surface area contributed by atoms with Crippen molar-refractivity contribution in [3.63, 3.8) is 0 Å². The lowest BCUT2D eigenvalue weighted by Crippen LogP contribution is -2.28. The molecule has 1 rings (SSSR count). The van der Waals surface area contributed by atoms with Gasteiger partial charge in [-0.25, -0.2) is 21.9 Å². The highest BCUT2D eigenvalue weighted by Gasteiger charge is 2.16. The summed E-state index contributed by atoms with van der Waals surface area (Å²) < 4.78 is 48.7. The van der Waals surface area contributed by atoms with Gasteiger partial charge >= 0.3 is 0 Å². The number of rotatable bonds is 4. The minimum absolute atomic E-state index is 0.106. The third-order valence-corrected chi connectivity index (χ3v) is 3.21. The summed E-state index contributed by atoms with van der Waals surface area (Å²) >= 11 is 0. The van der Waals surface area contributed by atoms with E-state index in [1.54, 1.807) is 17.7 Å². The lowest BCUT2D eigenvalue weighted by molar-refractivity contribution is 0.153. The molecule has 0 saturated carbocycles. The lowest BCUT2D eigenvalue weighted by atomic mass is 10.2. The van der Waals surface area contributed by atoms with Crippen LogP contribution in [0, 0.1) is 6.92 Å².